The summed E-state index contributed by atoms with van der Waals surface area (Å²) in [5.41, 5.74) is 2.66. The number of rotatable bonds is 0. The van der Waals surface area contributed by atoms with Crippen LogP contribution in [0.3, 0.4) is 0 Å². The van der Waals surface area contributed by atoms with E-state index in [1.54, 1.807) is 12.1 Å². The van der Waals surface area contributed by atoms with Crippen LogP contribution in [-0.4, -0.2) is 5.11 Å². The van der Waals surface area contributed by atoms with Gasteiger partial charge >= 0.3 is 0 Å². The molecule has 0 radical (unpaired) electrons. The van der Waals surface area contributed by atoms with Gasteiger partial charge in [-0.2, -0.15) is 0 Å². The molecule has 0 saturated carbocycles. The lowest BCUT2D eigenvalue weighted by molar-refractivity contribution is 0.173. The standard InChI is InChI=1S/C12H11FO/c13-10-5-4-7-6-11(14)9-3-1-2-8(10)12(7)9/h1-3,5,7,11,14H,4,6H2. The molecular formula is C12H11FO. The van der Waals surface area contributed by atoms with Crippen LogP contribution in [0.1, 0.15) is 41.6 Å². The topological polar surface area (TPSA) is 20.2 Å². The zero-order valence-electron chi connectivity index (χ0n) is 7.70. The summed E-state index contributed by atoms with van der Waals surface area (Å²) < 4.78 is 13.5. The van der Waals surface area contributed by atoms with Crippen molar-refractivity contribution in [1.29, 1.82) is 0 Å². The Hall–Kier alpha value is -1.15. The average molecular weight is 190 g/mol. The molecule has 1 N–H and O–H groups in total. The van der Waals surface area contributed by atoms with E-state index < -0.39 is 6.10 Å². The van der Waals surface area contributed by atoms with E-state index in [1.807, 2.05) is 12.1 Å². The van der Waals surface area contributed by atoms with Crippen molar-refractivity contribution in [2.24, 2.45) is 0 Å². The summed E-state index contributed by atoms with van der Waals surface area (Å²) in [7, 11) is 0. The summed E-state index contributed by atoms with van der Waals surface area (Å²) in [5.74, 6) is 0.197. The largest absolute Gasteiger partial charge is 0.388 e. The first kappa shape index (κ1) is 8.18. The van der Waals surface area contributed by atoms with Gasteiger partial charge in [0.05, 0.1) is 6.10 Å². The number of benzene rings is 1. The van der Waals surface area contributed by atoms with Crippen molar-refractivity contribution in [2.75, 3.05) is 0 Å². The molecule has 72 valence electrons. The van der Waals surface area contributed by atoms with Crippen LogP contribution in [0, 0.1) is 0 Å². The van der Waals surface area contributed by atoms with Crippen molar-refractivity contribution in [3.63, 3.8) is 0 Å². The van der Waals surface area contributed by atoms with E-state index in [9.17, 15) is 9.50 Å². The number of hydrogen-bond donors (Lipinski definition) is 1. The van der Waals surface area contributed by atoms with Gasteiger partial charge in [0.2, 0.25) is 0 Å². The number of aliphatic hydroxyl groups excluding tert-OH is 1. The normalized spacial score (nSPS) is 28.6. The molecule has 0 aliphatic heterocycles. The molecule has 0 bridgehead atoms. The van der Waals surface area contributed by atoms with Crippen LogP contribution in [0.4, 0.5) is 4.39 Å². The van der Waals surface area contributed by atoms with Crippen LogP contribution in [0.25, 0.3) is 5.83 Å². The summed E-state index contributed by atoms with van der Waals surface area (Å²) in [6.07, 6.45) is 2.71. The molecule has 1 aromatic carbocycles. The fourth-order valence-electron chi connectivity index (χ4n) is 2.62. The Morgan fingerprint density at radius 3 is 3.07 bits per heavy atom. The summed E-state index contributed by atoms with van der Waals surface area (Å²) in [6, 6.07) is 5.52. The van der Waals surface area contributed by atoms with E-state index in [-0.39, 0.29) is 5.83 Å². The first-order valence-corrected chi connectivity index (χ1v) is 4.94. The van der Waals surface area contributed by atoms with E-state index in [2.05, 4.69) is 0 Å². The smallest absolute Gasteiger partial charge is 0.126 e. The van der Waals surface area contributed by atoms with Crippen LogP contribution >= 0.6 is 0 Å². The molecule has 0 spiro atoms. The SMILES string of the molecule is OC1CC2CC=C(F)c3cccc1c32. The predicted molar refractivity (Wildman–Crippen MR) is 52.5 cm³/mol. The zero-order valence-corrected chi connectivity index (χ0v) is 7.70. The number of aliphatic hydroxyl groups is 1. The second kappa shape index (κ2) is 2.67. The van der Waals surface area contributed by atoms with Gasteiger partial charge in [0.25, 0.3) is 0 Å². The highest BCUT2D eigenvalue weighted by Crippen LogP contribution is 2.48. The third-order valence-electron chi connectivity index (χ3n) is 3.25. The van der Waals surface area contributed by atoms with Gasteiger partial charge in [-0.05, 0) is 36.0 Å². The monoisotopic (exact) mass is 190 g/mol. The Bertz CT molecular complexity index is 422. The lowest BCUT2D eigenvalue weighted by atomic mass is 9.88. The number of allylic oxidation sites excluding steroid dienone is 1. The third-order valence-corrected chi connectivity index (χ3v) is 3.25. The molecule has 2 aliphatic carbocycles. The summed E-state index contributed by atoms with van der Waals surface area (Å²) in [6.45, 7) is 0. The van der Waals surface area contributed by atoms with Gasteiger partial charge in [0.1, 0.15) is 5.83 Å². The van der Waals surface area contributed by atoms with E-state index in [0.717, 1.165) is 24.0 Å². The summed E-state index contributed by atoms with van der Waals surface area (Å²) in [4.78, 5) is 0. The van der Waals surface area contributed by atoms with Crippen molar-refractivity contribution >= 4 is 5.83 Å². The molecule has 2 aliphatic rings. The van der Waals surface area contributed by atoms with Crippen molar-refractivity contribution in [2.45, 2.75) is 24.9 Å². The molecule has 1 aromatic rings. The maximum absolute atomic E-state index is 13.5. The van der Waals surface area contributed by atoms with Gasteiger partial charge in [-0.1, -0.05) is 18.2 Å². The quantitative estimate of drug-likeness (QED) is 0.666. The van der Waals surface area contributed by atoms with Crippen molar-refractivity contribution < 1.29 is 9.50 Å². The summed E-state index contributed by atoms with van der Waals surface area (Å²) >= 11 is 0. The van der Waals surface area contributed by atoms with E-state index in [0.29, 0.717) is 11.5 Å². The van der Waals surface area contributed by atoms with Crippen LogP contribution < -0.4 is 0 Å². The molecule has 2 heteroatoms. The fourth-order valence-corrected chi connectivity index (χ4v) is 2.62. The van der Waals surface area contributed by atoms with Gasteiger partial charge < -0.3 is 5.11 Å². The molecule has 0 heterocycles. The van der Waals surface area contributed by atoms with E-state index >= 15 is 0 Å². The molecule has 2 atom stereocenters. The minimum absolute atomic E-state index is 0.132. The molecule has 3 rings (SSSR count). The van der Waals surface area contributed by atoms with Crippen molar-refractivity contribution in [1.82, 2.24) is 0 Å². The molecule has 2 unspecified atom stereocenters. The molecular weight excluding hydrogens is 179 g/mol. The lowest BCUT2D eigenvalue weighted by Gasteiger charge is -2.17. The van der Waals surface area contributed by atoms with Gasteiger partial charge in [0, 0.05) is 5.56 Å². The van der Waals surface area contributed by atoms with E-state index in [1.165, 1.54) is 0 Å². The fraction of sp³-hybridized carbons (Fsp3) is 0.333. The van der Waals surface area contributed by atoms with Gasteiger partial charge in [0.15, 0.2) is 0 Å². The molecule has 0 saturated heterocycles. The number of halogens is 1. The van der Waals surface area contributed by atoms with Crippen molar-refractivity contribution in [3.8, 4) is 0 Å². The van der Waals surface area contributed by atoms with E-state index in [4.69, 9.17) is 0 Å². The molecule has 0 aromatic heterocycles. The minimum Gasteiger partial charge on any atom is -0.388 e. The third kappa shape index (κ3) is 0.919. The molecule has 0 fully saturated rings. The Labute approximate surface area is 81.9 Å². The van der Waals surface area contributed by atoms with Crippen LogP contribution in [0.5, 0.6) is 0 Å². The van der Waals surface area contributed by atoms with Crippen molar-refractivity contribution in [3.05, 3.63) is 41.0 Å². The summed E-state index contributed by atoms with van der Waals surface area (Å²) in [5, 5.41) is 9.78. The second-order valence-corrected chi connectivity index (χ2v) is 4.04. The second-order valence-electron chi connectivity index (χ2n) is 4.04. The Balaban J connectivity index is 2.28. The van der Waals surface area contributed by atoms with Gasteiger partial charge in [-0.25, -0.2) is 4.39 Å². The highest BCUT2D eigenvalue weighted by molar-refractivity contribution is 5.68. The maximum Gasteiger partial charge on any atom is 0.126 e. The van der Waals surface area contributed by atoms with Crippen LogP contribution in [0.2, 0.25) is 0 Å². The van der Waals surface area contributed by atoms with Crippen LogP contribution in [-0.2, 0) is 0 Å². The first-order chi connectivity index (χ1) is 6.77. The lowest BCUT2D eigenvalue weighted by Crippen LogP contribution is -2.01. The zero-order chi connectivity index (χ0) is 9.71. The Kier molecular flexibility index (Phi) is 1.56. The van der Waals surface area contributed by atoms with Gasteiger partial charge in [-0.3, -0.25) is 0 Å². The number of hydrogen-bond acceptors (Lipinski definition) is 1. The first-order valence-electron chi connectivity index (χ1n) is 4.94. The molecule has 1 nitrogen and oxygen atoms in total. The Morgan fingerprint density at radius 1 is 1.36 bits per heavy atom. The van der Waals surface area contributed by atoms with Crippen LogP contribution in [0.15, 0.2) is 24.3 Å². The molecule has 14 heavy (non-hydrogen) atoms. The predicted octanol–water partition coefficient (Wildman–Crippen LogP) is 2.92. The highest BCUT2D eigenvalue weighted by Gasteiger charge is 2.34. The minimum atomic E-state index is -0.394. The Morgan fingerprint density at radius 2 is 2.21 bits per heavy atom. The average Bonchev–Trinajstić information content (AvgIpc) is 2.52. The molecule has 0 amide bonds. The highest BCUT2D eigenvalue weighted by atomic mass is 19.1. The maximum atomic E-state index is 13.5. The van der Waals surface area contributed by atoms with Gasteiger partial charge in [-0.15, -0.1) is 0 Å².